The van der Waals surface area contributed by atoms with Gasteiger partial charge in [0, 0.05) is 11.8 Å². The van der Waals surface area contributed by atoms with Gasteiger partial charge in [0.25, 0.3) is 0 Å². The fourth-order valence-corrected chi connectivity index (χ4v) is 7.84. The first-order valence-corrected chi connectivity index (χ1v) is 12.0. The highest BCUT2D eigenvalue weighted by Crippen LogP contribution is 2.44. The molecule has 0 aromatic heterocycles. The Bertz CT molecular complexity index is 409. The van der Waals surface area contributed by atoms with Crippen LogP contribution in [-0.2, 0) is 9.59 Å². The van der Waals surface area contributed by atoms with Crippen LogP contribution < -0.4 is 0 Å². The van der Waals surface area contributed by atoms with E-state index in [1.807, 2.05) is 0 Å². The van der Waals surface area contributed by atoms with Crippen molar-refractivity contribution in [1.29, 1.82) is 0 Å². The van der Waals surface area contributed by atoms with Crippen molar-refractivity contribution in [1.82, 2.24) is 0 Å². The summed E-state index contributed by atoms with van der Waals surface area (Å²) in [6, 6.07) is 0. The van der Waals surface area contributed by atoms with E-state index in [1.165, 1.54) is 38.5 Å². The van der Waals surface area contributed by atoms with Crippen LogP contribution in [0, 0.1) is 11.8 Å². The predicted octanol–water partition coefficient (Wildman–Crippen LogP) is 6.26. The average Bonchev–Trinajstić information content (AvgIpc) is 2.61. The van der Waals surface area contributed by atoms with Gasteiger partial charge in [-0.3, -0.25) is 9.59 Å². The lowest BCUT2D eigenvalue weighted by Gasteiger charge is -2.32. The first-order chi connectivity index (χ1) is 11.8. The van der Waals surface area contributed by atoms with Gasteiger partial charge in [0.1, 0.15) is 11.6 Å². The summed E-state index contributed by atoms with van der Waals surface area (Å²) in [7, 11) is 0. The van der Waals surface area contributed by atoms with Crippen LogP contribution in [0.4, 0.5) is 0 Å². The van der Waals surface area contributed by atoms with Crippen LogP contribution in [0.25, 0.3) is 0 Å². The van der Waals surface area contributed by atoms with Gasteiger partial charge in [-0.05, 0) is 53.4 Å². The highest BCUT2D eigenvalue weighted by molar-refractivity contribution is 8.19. The maximum Gasteiger partial charge on any atom is 0.148 e. The zero-order valence-corrected chi connectivity index (χ0v) is 18.1. The van der Waals surface area contributed by atoms with Gasteiger partial charge in [0.15, 0.2) is 0 Å². The summed E-state index contributed by atoms with van der Waals surface area (Å²) < 4.78 is -0.104. The van der Waals surface area contributed by atoms with Crippen molar-refractivity contribution in [3.8, 4) is 0 Å². The molecule has 2 fully saturated rings. The first-order valence-electron chi connectivity index (χ1n) is 10.2. The summed E-state index contributed by atoms with van der Waals surface area (Å²) in [5.74, 6) is 1.42. The van der Waals surface area contributed by atoms with Gasteiger partial charge in [-0.15, -0.1) is 23.5 Å². The third-order valence-electron chi connectivity index (χ3n) is 5.74. The van der Waals surface area contributed by atoms with E-state index in [0.29, 0.717) is 11.6 Å². The Morgan fingerprint density at radius 2 is 1.04 bits per heavy atom. The lowest BCUT2D eigenvalue weighted by atomic mass is 9.85. The Morgan fingerprint density at radius 1 is 0.720 bits per heavy atom. The fraction of sp³-hybridized carbons (Fsp3) is 0.905. The zero-order chi connectivity index (χ0) is 18.4. The molecule has 0 heterocycles. The molecule has 0 saturated heterocycles. The monoisotopic (exact) mass is 384 g/mol. The molecule has 0 aliphatic heterocycles. The highest BCUT2D eigenvalue weighted by atomic mass is 32.2. The first kappa shape index (κ1) is 21.3. The third-order valence-corrected chi connectivity index (χ3v) is 8.62. The molecule has 2 rings (SSSR count). The minimum absolute atomic E-state index is 0.0302. The van der Waals surface area contributed by atoms with Gasteiger partial charge in [0.05, 0.1) is 14.6 Å². The molecule has 2 unspecified atom stereocenters. The van der Waals surface area contributed by atoms with Crippen LogP contribution in [0.3, 0.4) is 0 Å². The SMILES string of the molecule is CC(SC(C)(C)SC(C)C(=O)C1CCCCC1)C(=O)C1CCCCC1. The zero-order valence-electron chi connectivity index (χ0n) is 16.5. The van der Waals surface area contributed by atoms with Gasteiger partial charge < -0.3 is 0 Å². The molecule has 144 valence electrons. The Hall–Kier alpha value is 0.0400. The van der Waals surface area contributed by atoms with Crippen molar-refractivity contribution in [2.24, 2.45) is 11.8 Å². The second-order valence-corrected chi connectivity index (χ2v) is 12.6. The molecule has 0 bridgehead atoms. The molecule has 0 spiro atoms. The van der Waals surface area contributed by atoms with Crippen LogP contribution in [0.5, 0.6) is 0 Å². The Kier molecular flexibility index (Phi) is 8.39. The smallest absolute Gasteiger partial charge is 0.148 e. The second kappa shape index (κ2) is 9.82. The van der Waals surface area contributed by atoms with E-state index in [-0.39, 0.29) is 26.4 Å². The standard InChI is InChI=1S/C21H36O2S2/c1-15(19(22)17-11-7-5-8-12-17)24-21(3,4)25-16(2)20(23)18-13-9-6-10-14-18/h15-18H,5-14H2,1-4H3. The fourth-order valence-electron chi connectivity index (χ4n) is 4.43. The number of Topliss-reactive ketones (excluding diaryl/α,β-unsaturated/α-hetero) is 2. The average molecular weight is 385 g/mol. The van der Waals surface area contributed by atoms with E-state index in [1.54, 1.807) is 23.5 Å². The van der Waals surface area contributed by atoms with Gasteiger partial charge in [-0.2, -0.15) is 0 Å². The van der Waals surface area contributed by atoms with Gasteiger partial charge in [-0.25, -0.2) is 0 Å². The van der Waals surface area contributed by atoms with Crippen molar-refractivity contribution in [3.63, 3.8) is 0 Å². The van der Waals surface area contributed by atoms with Crippen molar-refractivity contribution in [2.45, 2.75) is 106 Å². The minimum Gasteiger partial charge on any atom is -0.298 e. The number of carbonyl (C=O) groups is 2. The van der Waals surface area contributed by atoms with Crippen molar-refractivity contribution >= 4 is 35.1 Å². The molecule has 4 heteroatoms. The largest absolute Gasteiger partial charge is 0.298 e. The number of ketones is 2. The summed E-state index contributed by atoms with van der Waals surface area (Å²) >= 11 is 3.51. The molecular weight excluding hydrogens is 348 g/mol. The summed E-state index contributed by atoms with van der Waals surface area (Å²) in [5, 5.41) is 0.0603. The predicted molar refractivity (Wildman–Crippen MR) is 111 cm³/mol. The molecule has 25 heavy (non-hydrogen) atoms. The molecule has 0 amide bonds. The summed E-state index contributed by atoms with van der Waals surface area (Å²) in [6.45, 7) is 8.49. The Labute approximate surface area is 163 Å². The topological polar surface area (TPSA) is 34.1 Å². The van der Waals surface area contributed by atoms with Crippen LogP contribution in [-0.4, -0.2) is 26.1 Å². The number of thioether (sulfide) groups is 2. The molecule has 2 aliphatic rings. The van der Waals surface area contributed by atoms with E-state index in [9.17, 15) is 9.59 Å². The van der Waals surface area contributed by atoms with E-state index >= 15 is 0 Å². The number of carbonyl (C=O) groups excluding carboxylic acids is 2. The summed E-state index contributed by atoms with van der Waals surface area (Å²) in [5.41, 5.74) is 0. The normalized spacial score (nSPS) is 23.2. The van der Waals surface area contributed by atoms with Crippen molar-refractivity contribution in [2.75, 3.05) is 0 Å². The summed E-state index contributed by atoms with van der Waals surface area (Å²) in [4.78, 5) is 25.5. The molecule has 0 aromatic rings. The van der Waals surface area contributed by atoms with Gasteiger partial charge >= 0.3 is 0 Å². The Balaban J connectivity index is 1.84. The molecule has 2 aliphatic carbocycles. The minimum atomic E-state index is -0.104. The quantitative estimate of drug-likeness (QED) is 0.462. The maximum absolute atomic E-state index is 12.7. The molecule has 2 atom stereocenters. The van der Waals surface area contributed by atoms with Gasteiger partial charge in [0.2, 0.25) is 0 Å². The molecule has 0 aromatic carbocycles. The lowest BCUT2D eigenvalue weighted by molar-refractivity contribution is -0.123. The van der Waals surface area contributed by atoms with Crippen LogP contribution in [0.15, 0.2) is 0 Å². The van der Waals surface area contributed by atoms with Crippen molar-refractivity contribution < 1.29 is 9.59 Å². The molecule has 2 saturated carbocycles. The van der Waals surface area contributed by atoms with E-state index in [4.69, 9.17) is 0 Å². The van der Waals surface area contributed by atoms with E-state index in [2.05, 4.69) is 27.7 Å². The number of rotatable bonds is 8. The van der Waals surface area contributed by atoms with Gasteiger partial charge in [-0.1, -0.05) is 38.5 Å². The molecule has 2 nitrogen and oxygen atoms in total. The van der Waals surface area contributed by atoms with Crippen molar-refractivity contribution in [3.05, 3.63) is 0 Å². The summed E-state index contributed by atoms with van der Waals surface area (Å²) in [6.07, 6.45) is 11.7. The maximum atomic E-state index is 12.7. The van der Waals surface area contributed by atoms with E-state index in [0.717, 1.165) is 25.7 Å². The third kappa shape index (κ3) is 6.61. The lowest BCUT2D eigenvalue weighted by Crippen LogP contribution is -2.31. The number of hydrogen-bond acceptors (Lipinski definition) is 4. The number of hydrogen-bond donors (Lipinski definition) is 0. The molecular formula is C21H36O2S2. The van der Waals surface area contributed by atoms with Crippen LogP contribution in [0.2, 0.25) is 0 Å². The van der Waals surface area contributed by atoms with Crippen LogP contribution >= 0.6 is 23.5 Å². The molecule has 0 N–H and O–H groups in total. The van der Waals surface area contributed by atoms with E-state index < -0.39 is 0 Å². The second-order valence-electron chi connectivity index (χ2n) is 8.39. The molecule has 0 radical (unpaired) electrons. The Morgan fingerprint density at radius 3 is 1.36 bits per heavy atom. The highest BCUT2D eigenvalue weighted by Gasteiger charge is 2.34. The van der Waals surface area contributed by atoms with Crippen LogP contribution in [0.1, 0.15) is 91.9 Å².